The van der Waals surface area contributed by atoms with Crippen molar-refractivity contribution >= 4 is 5.97 Å². The molecule has 10 heavy (non-hydrogen) atoms. The molecule has 0 aromatic heterocycles. The Labute approximate surface area is 60.1 Å². The zero-order valence-corrected chi connectivity index (χ0v) is 6.14. The van der Waals surface area contributed by atoms with Gasteiger partial charge in [-0.05, 0) is 12.8 Å². The van der Waals surface area contributed by atoms with E-state index in [1.807, 2.05) is 6.92 Å². The Morgan fingerprint density at radius 3 is 2.60 bits per heavy atom. The van der Waals surface area contributed by atoms with E-state index >= 15 is 0 Å². The number of carboxylic acid groups (broad SMARTS) is 1. The van der Waals surface area contributed by atoms with Crippen molar-refractivity contribution in [2.75, 3.05) is 0 Å². The van der Waals surface area contributed by atoms with Crippen LogP contribution in [0.15, 0.2) is 0 Å². The van der Waals surface area contributed by atoms with E-state index in [1.54, 1.807) is 0 Å². The van der Waals surface area contributed by atoms with Crippen LogP contribution in [0.25, 0.3) is 0 Å². The Kier molecular flexibility index (Phi) is 4.89. The molecular formula is C7H13FO2. The van der Waals surface area contributed by atoms with Crippen LogP contribution in [0.2, 0.25) is 0 Å². The molecule has 0 bridgehead atoms. The summed E-state index contributed by atoms with van der Waals surface area (Å²) >= 11 is 0. The highest BCUT2D eigenvalue weighted by atomic mass is 19.1. The van der Waals surface area contributed by atoms with Gasteiger partial charge in [-0.25, -0.2) is 9.18 Å². The van der Waals surface area contributed by atoms with Crippen molar-refractivity contribution in [2.45, 2.75) is 38.8 Å². The average molecular weight is 148 g/mol. The van der Waals surface area contributed by atoms with Crippen LogP contribution in [0.4, 0.5) is 4.39 Å². The minimum atomic E-state index is -1.66. The first kappa shape index (κ1) is 9.40. The van der Waals surface area contributed by atoms with Gasteiger partial charge in [0, 0.05) is 0 Å². The number of carbonyl (C=O) groups is 1. The van der Waals surface area contributed by atoms with E-state index in [2.05, 4.69) is 0 Å². The Balaban J connectivity index is 3.21. The lowest BCUT2D eigenvalue weighted by molar-refractivity contribution is -0.143. The molecule has 0 radical (unpaired) electrons. The maximum absolute atomic E-state index is 12.2. The molecule has 2 nitrogen and oxygen atoms in total. The number of hydrogen-bond donors (Lipinski definition) is 1. The fourth-order valence-corrected chi connectivity index (χ4v) is 0.697. The number of unbranched alkanes of at least 4 members (excludes halogenated alkanes) is 2. The van der Waals surface area contributed by atoms with Gasteiger partial charge < -0.3 is 5.11 Å². The van der Waals surface area contributed by atoms with E-state index in [0.29, 0.717) is 6.42 Å². The van der Waals surface area contributed by atoms with Gasteiger partial charge >= 0.3 is 5.97 Å². The molecule has 0 saturated heterocycles. The minimum Gasteiger partial charge on any atom is -0.479 e. The molecule has 3 heteroatoms. The van der Waals surface area contributed by atoms with Crippen LogP contribution in [-0.4, -0.2) is 17.2 Å². The molecule has 0 spiro atoms. The van der Waals surface area contributed by atoms with E-state index in [1.165, 1.54) is 0 Å². The lowest BCUT2D eigenvalue weighted by atomic mass is 10.1. The van der Waals surface area contributed by atoms with Crippen molar-refractivity contribution in [1.29, 1.82) is 0 Å². The van der Waals surface area contributed by atoms with E-state index < -0.39 is 12.1 Å². The van der Waals surface area contributed by atoms with Gasteiger partial charge in [0.25, 0.3) is 0 Å². The van der Waals surface area contributed by atoms with Gasteiger partial charge in [-0.3, -0.25) is 0 Å². The number of carboxylic acids is 1. The molecule has 0 fully saturated rings. The first-order valence-corrected chi connectivity index (χ1v) is 3.55. The summed E-state index contributed by atoms with van der Waals surface area (Å²) in [5.74, 6) is -1.34. The van der Waals surface area contributed by atoms with E-state index in [9.17, 15) is 9.18 Å². The normalized spacial score (nSPS) is 13.0. The molecule has 0 aliphatic heterocycles. The van der Waals surface area contributed by atoms with E-state index in [-0.39, 0.29) is 6.42 Å². The third kappa shape index (κ3) is 4.30. The highest BCUT2D eigenvalue weighted by molar-refractivity contribution is 5.71. The van der Waals surface area contributed by atoms with Crippen LogP contribution >= 0.6 is 0 Å². The number of hydrogen-bond acceptors (Lipinski definition) is 1. The predicted molar refractivity (Wildman–Crippen MR) is 36.7 cm³/mol. The third-order valence-electron chi connectivity index (χ3n) is 1.33. The summed E-state index contributed by atoms with van der Waals surface area (Å²) in [6.07, 6.45) is 1.07. The molecule has 0 aliphatic carbocycles. The molecule has 0 amide bonds. The van der Waals surface area contributed by atoms with Gasteiger partial charge in [0.15, 0.2) is 6.17 Å². The highest BCUT2D eigenvalue weighted by Crippen LogP contribution is 2.05. The van der Waals surface area contributed by atoms with Crippen LogP contribution in [0.1, 0.15) is 32.6 Å². The molecule has 1 N–H and O–H groups in total. The Morgan fingerprint density at radius 1 is 1.60 bits per heavy atom. The largest absolute Gasteiger partial charge is 0.479 e. The maximum Gasteiger partial charge on any atom is 0.338 e. The summed E-state index contributed by atoms with van der Waals surface area (Å²) in [6, 6.07) is 0. The second kappa shape index (κ2) is 5.21. The van der Waals surface area contributed by atoms with Gasteiger partial charge in [0.05, 0.1) is 0 Å². The molecule has 0 saturated carbocycles. The summed E-state index contributed by atoms with van der Waals surface area (Å²) in [4.78, 5) is 9.92. The molecule has 60 valence electrons. The van der Waals surface area contributed by atoms with Crippen molar-refractivity contribution in [3.05, 3.63) is 0 Å². The first-order chi connectivity index (χ1) is 4.68. The van der Waals surface area contributed by atoms with E-state index in [4.69, 9.17) is 5.11 Å². The van der Waals surface area contributed by atoms with Crippen LogP contribution < -0.4 is 0 Å². The van der Waals surface area contributed by atoms with Crippen molar-refractivity contribution in [3.63, 3.8) is 0 Å². The molecule has 1 atom stereocenters. The van der Waals surface area contributed by atoms with Crippen LogP contribution in [-0.2, 0) is 4.79 Å². The monoisotopic (exact) mass is 148 g/mol. The predicted octanol–water partition coefficient (Wildman–Crippen LogP) is 1.99. The fraction of sp³-hybridized carbons (Fsp3) is 0.857. The zero-order chi connectivity index (χ0) is 7.98. The van der Waals surface area contributed by atoms with Crippen LogP contribution in [0.3, 0.4) is 0 Å². The van der Waals surface area contributed by atoms with Gasteiger partial charge in [-0.2, -0.15) is 0 Å². The second-order valence-corrected chi connectivity index (χ2v) is 2.30. The maximum atomic E-state index is 12.2. The van der Waals surface area contributed by atoms with Gasteiger partial charge in [0.2, 0.25) is 0 Å². The molecule has 0 aromatic rings. The summed E-state index contributed by atoms with van der Waals surface area (Å²) < 4.78 is 12.2. The Bertz CT molecular complexity index is 104. The zero-order valence-electron chi connectivity index (χ0n) is 6.14. The van der Waals surface area contributed by atoms with Gasteiger partial charge in [0.1, 0.15) is 0 Å². The molecule has 0 aromatic carbocycles. The topological polar surface area (TPSA) is 37.3 Å². The molecular weight excluding hydrogens is 135 g/mol. The van der Waals surface area contributed by atoms with Crippen LogP contribution in [0.5, 0.6) is 0 Å². The first-order valence-electron chi connectivity index (χ1n) is 3.55. The summed E-state index contributed by atoms with van der Waals surface area (Å²) in [5, 5.41) is 8.11. The molecule has 0 heterocycles. The third-order valence-corrected chi connectivity index (χ3v) is 1.33. The number of aliphatic carboxylic acids is 1. The minimum absolute atomic E-state index is 0.156. The lowest BCUT2D eigenvalue weighted by Crippen LogP contribution is -2.13. The second-order valence-electron chi connectivity index (χ2n) is 2.30. The number of rotatable bonds is 5. The highest BCUT2D eigenvalue weighted by Gasteiger charge is 2.13. The quantitative estimate of drug-likeness (QED) is 0.605. The van der Waals surface area contributed by atoms with Gasteiger partial charge in [-0.1, -0.05) is 19.8 Å². The Morgan fingerprint density at radius 2 is 2.20 bits per heavy atom. The van der Waals surface area contributed by atoms with Gasteiger partial charge in [-0.15, -0.1) is 0 Å². The molecule has 0 aliphatic rings. The molecule has 0 rings (SSSR count). The SMILES string of the molecule is CCCCC[C@@H](F)C(=O)O. The molecule has 0 unspecified atom stereocenters. The summed E-state index contributed by atoms with van der Waals surface area (Å²) in [5.41, 5.74) is 0. The summed E-state index contributed by atoms with van der Waals surface area (Å²) in [7, 11) is 0. The van der Waals surface area contributed by atoms with Crippen LogP contribution in [0, 0.1) is 0 Å². The average Bonchev–Trinajstić information content (AvgIpc) is 1.88. The van der Waals surface area contributed by atoms with Crippen molar-refractivity contribution in [1.82, 2.24) is 0 Å². The van der Waals surface area contributed by atoms with E-state index in [0.717, 1.165) is 12.8 Å². The van der Waals surface area contributed by atoms with Crippen molar-refractivity contribution in [3.8, 4) is 0 Å². The smallest absolute Gasteiger partial charge is 0.338 e. The van der Waals surface area contributed by atoms with Crippen molar-refractivity contribution < 1.29 is 14.3 Å². The standard InChI is InChI=1S/C7H13FO2/c1-2-3-4-5-6(8)7(9)10/h6H,2-5H2,1H3,(H,9,10)/t6-/m1/s1. The Hall–Kier alpha value is -0.600. The number of alkyl halides is 1. The lowest BCUT2D eigenvalue weighted by Gasteiger charge is -1.99. The van der Waals surface area contributed by atoms with Crippen molar-refractivity contribution in [2.24, 2.45) is 0 Å². The number of halogens is 1. The summed E-state index contributed by atoms with van der Waals surface area (Å²) in [6.45, 7) is 1.99. The fourth-order valence-electron chi connectivity index (χ4n) is 0.697.